The predicted molar refractivity (Wildman–Crippen MR) is 135 cm³/mol. The molecule has 35 heavy (non-hydrogen) atoms. The lowest BCUT2D eigenvalue weighted by Crippen LogP contribution is -2.37. The Balaban J connectivity index is 2.01. The molecule has 3 rings (SSSR count). The molecule has 0 amide bonds. The second-order valence-corrected chi connectivity index (χ2v) is 10.5. The third kappa shape index (κ3) is 6.35. The number of aromatic nitrogens is 4. The van der Waals surface area contributed by atoms with Gasteiger partial charge in [-0.05, 0) is 65.1 Å². The van der Waals surface area contributed by atoms with Crippen LogP contribution in [0.25, 0.3) is 6.08 Å². The molecule has 2 unspecified atom stereocenters. The van der Waals surface area contributed by atoms with Gasteiger partial charge in [0.15, 0.2) is 5.82 Å². The summed E-state index contributed by atoms with van der Waals surface area (Å²) in [5.41, 5.74) is -0.751. The van der Waals surface area contributed by atoms with Crippen LogP contribution in [0.3, 0.4) is 0 Å². The highest BCUT2D eigenvalue weighted by Crippen LogP contribution is 2.38. The smallest absolute Gasteiger partial charge is 0.373 e. The molecule has 0 aliphatic carbocycles. The molecule has 2 aromatic carbocycles. The summed E-state index contributed by atoms with van der Waals surface area (Å²) < 4.78 is 41.4. The van der Waals surface area contributed by atoms with Crippen LogP contribution in [0.15, 0.2) is 48.5 Å². The number of alkyl halides is 3. The van der Waals surface area contributed by atoms with Crippen LogP contribution in [0.2, 0.25) is 10.0 Å². The number of tetrazole rings is 1. The van der Waals surface area contributed by atoms with Gasteiger partial charge in [-0.1, -0.05) is 75.2 Å². The Hall–Kier alpha value is -2.58. The summed E-state index contributed by atoms with van der Waals surface area (Å²) >= 11 is 12.4. The van der Waals surface area contributed by atoms with E-state index in [2.05, 4.69) is 41.6 Å². The SMILES string of the molecule is CCC(C)(Nc1cccc(C(F)(F)F)c1)c1nnnn1C(/C=C/c1ccc(Cl)cc1Cl)C(C)(C)C. The summed E-state index contributed by atoms with van der Waals surface area (Å²) in [6.45, 7) is 9.96. The van der Waals surface area contributed by atoms with Gasteiger partial charge in [0.25, 0.3) is 0 Å². The molecule has 3 aromatic rings. The molecule has 0 saturated carbocycles. The largest absolute Gasteiger partial charge is 0.416 e. The molecule has 1 N–H and O–H groups in total. The van der Waals surface area contributed by atoms with Gasteiger partial charge in [0.05, 0.1) is 17.1 Å². The average molecular weight is 526 g/mol. The summed E-state index contributed by atoms with van der Waals surface area (Å²) in [5.74, 6) is 0.504. The van der Waals surface area contributed by atoms with Crippen LogP contribution in [-0.4, -0.2) is 20.2 Å². The van der Waals surface area contributed by atoms with Crippen LogP contribution in [0.1, 0.15) is 64.0 Å². The van der Waals surface area contributed by atoms with Crippen molar-refractivity contribution in [3.8, 4) is 0 Å². The van der Waals surface area contributed by atoms with Crippen LogP contribution >= 0.6 is 23.2 Å². The van der Waals surface area contributed by atoms with Gasteiger partial charge >= 0.3 is 6.18 Å². The van der Waals surface area contributed by atoms with Crippen molar-refractivity contribution in [3.05, 3.63) is 75.5 Å². The van der Waals surface area contributed by atoms with E-state index in [0.29, 0.717) is 28.0 Å². The van der Waals surface area contributed by atoms with Crippen molar-refractivity contribution < 1.29 is 13.2 Å². The zero-order valence-electron chi connectivity index (χ0n) is 20.2. The molecule has 0 bridgehead atoms. The predicted octanol–water partition coefficient (Wildman–Crippen LogP) is 8.04. The van der Waals surface area contributed by atoms with Crippen LogP contribution in [0, 0.1) is 5.41 Å². The maximum Gasteiger partial charge on any atom is 0.416 e. The van der Waals surface area contributed by atoms with E-state index >= 15 is 0 Å². The Morgan fingerprint density at radius 2 is 1.77 bits per heavy atom. The van der Waals surface area contributed by atoms with Crippen LogP contribution < -0.4 is 5.32 Å². The number of halogens is 5. The van der Waals surface area contributed by atoms with Crippen LogP contribution in [0.5, 0.6) is 0 Å². The van der Waals surface area contributed by atoms with Crippen molar-refractivity contribution in [2.75, 3.05) is 5.32 Å². The summed E-state index contributed by atoms with van der Waals surface area (Å²) in [4.78, 5) is 0. The van der Waals surface area contributed by atoms with E-state index in [4.69, 9.17) is 23.2 Å². The Labute approximate surface area is 213 Å². The maximum atomic E-state index is 13.2. The van der Waals surface area contributed by atoms with E-state index in [1.807, 2.05) is 32.1 Å². The van der Waals surface area contributed by atoms with Gasteiger partial charge in [0.2, 0.25) is 0 Å². The van der Waals surface area contributed by atoms with Gasteiger partial charge in [-0.3, -0.25) is 0 Å². The Bertz CT molecular complexity index is 1200. The molecule has 5 nitrogen and oxygen atoms in total. The lowest BCUT2D eigenvalue weighted by atomic mass is 9.85. The van der Waals surface area contributed by atoms with Crippen molar-refractivity contribution in [1.82, 2.24) is 20.2 Å². The summed E-state index contributed by atoms with van der Waals surface area (Å²) in [6.07, 6.45) is -0.0565. The van der Waals surface area contributed by atoms with Crippen molar-refractivity contribution in [2.24, 2.45) is 5.41 Å². The zero-order valence-corrected chi connectivity index (χ0v) is 21.7. The highest BCUT2D eigenvalue weighted by atomic mass is 35.5. The second-order valence-electron chi connectivity index (χ2n) is 9.67. The molecule has 2 atom stereocenters. The molecule has 10 heteroatoms. The molecule has 188 valence electrons. The quantitative estimate of drug-likeness (QED) is 0.339. The molecule has 0 aliphatic rings. The molecule has 1 aromatic heterocycles. The number of nitrogens with one attached hydrogen (secondary N) is 1. The lowest BCUT2D eigenvalue weighted by Gasteiger charge is -2.34. The minimum absolute atomic E-state index is 0.284. The maximum absolute atomic E-state index is 13.2. The number of allylic oxidation sites excluding steroid dienone is 1. The van der Waals surface area contributed by atoms with E-state index in [9.17, 15) is 13.2 Å². The molecule has 0 fully saturated rings. The fourth-order valence-corrected chi connectivity index (χ4v) is 4.18. The summed E-state index contributed by atoms with van der Waals surface area (Å²) in [7, 11) is 0. The topological polar surface area (TPSA) is 55.6 Å². The Morgan fingerprint density at radius 1 is 1.06 bits per heavy atom. The highest BCUT2D eigenvalue weighted by Gasteiger charge is 2.37. The summed E-state index contributed by atoms with van der Waals surface area (Å²) in [5, 5.41) is 16.8. The molecule has 0 saturated heterocycles. The first-order chi connectivity index (χ1) is 16.2. The first-order valence-electron chi connectivity index (χ1n) is 11.1. The molecular weight excluding hydrogens is 498 g/mol. The standard InChI is InChI=1S/C25H28Cl2F3N5/c1-6-24(5,31-19-9-7-8-17(14-19)25(28,29)30)22-32-33-34-35(22)21(23(2,3)4)13-11-16-10-12-18(26)15-20(16)27/h7-15,21,31H,6H2,1-5H3/b13-11+. The van der Waals surface area contributed by atoms with E-state index in [1.54, 1.807) is 22.9 Å². The van der Waals surface area contributed by atoms with Crippen LogP contribution in [-0.2, 0) is 11.7 Å². The number of benzene rings is 2. The first-order valence-corrected chi connectivity index (χ1v) is 11.9. The molecule has 1 heterocycles. The first kappa shape index (κ1) is 27.0. The average Bonchev–Trinajstić information content (AvgIpc) is 3.24. The van der Waals surface area contributed by atoms with Gasteiger partial charge in [-0.15, -0.1) is 5.10 Å². The second kappa shape index (κ2) is 10.2. The number of anilines is 1. The van der Waals surface area contributed by atoms with Crippen molar-refractivity contribution in [1.29, 1.82) is 0 Å². The van der Waals surface area contributed by atoms with Gasteiger partial charge in [-0.25, -0.2) is 4.68 Å². The minimum Gasteiger partial charge on any atom is -0.373 e. The third-order valence-electron chi connectivity index (χ3n) is 5.87. The van der Waals surface area contributed by atoms with Crippen molar-refractivity contribution in [2.45, 2.75) is 58.8 Å². The van der Waals surface area contributed by atoms with E-state index < -0.39 is 17.3 Å². The fourth-order valence-electron chi connectivity index (χ4n) is 3.71. The number of hydrogen-bond donors (Lipinski definition) is 1. The third-order valence-corrected chi connectivity index (χ3v) is 6.44. The number of rotatable bonds is 7. The number of nitrogens with zero attached hydrogens (tertiary/aromatic N) is 4. The summed E-state index contributed by atoms with van der Waals surface area (Å²) in [6, 6.07) is 10.1. The zero-order chi connectivity index (χ0) is 26.0. The van der Waals surface area contributed by atoms with Gasteiger partial charge < -0.3 is 5.32 Å². The van der Waals surface area contributed by atoms with E-state index in [0.717, 1.165) is 17.7 Å². The van der Waals surface area contributed by atoms with Crippen molar-refractivity contribution >= 4 is 35.0 Å². The monoisotopic (exact) mass is 525 g/mol. The van der Waals surface area contributed by atoms with Gasteiger partial charge in [0.1, 0.15) is 0 Å². The van der Waals surface area contributed by atoms with Gasteiger partial charge in [-0.2, -0.15) is 13.2 Å². The highest BCUT2D eigenvalue weighted by molar-refractivity contribution is 6.35. The molecule has 0 spiro atoms. The van der Waals surface area contributed by atoms with E-state index in [1.165, 1.54) is 6.07 Å². The van der Waals surface area contributed by atoms with E-state index in [-0.39, 0.29) is 11.5 Å². The Kier molecular flexibility index (Phi) is 7.86. The molecule has 0 aliphatic heterocycles. The van der Waals surface area contributed by atoms with Crippen LogP contribution in [0.4, 0.5) is 18.9 Å². The number of hydrogen-bond acceptors (Lipinski definition) is 4. The van der Waals surface area contributed by atoms with Gasteiger partial charge in [0, 0.05) is 15.7 Å². The molecular formula is C25H28Cl2F3N5. The Morgan fingerprint density at radius 3 is 2.37 bits per heavy atom. The lowest BCUT2D eigenvalue weighted by molar-refractivity contribution is -0.137. The minimum atomic E-state index is -4.44. The van der Waals surface area contributed by atoms with Crippen molar-refractivity contribution in [3.63, 3.8) is 0 Å². The fraction of sp³-hybridized carbons (Fsp3) is 0.400. The molecule has 0 radical (unpaired) electrons. The normalized spacial score (nSPS) is 15.3.